The summed E-state index contributed by atoms with van der Waals surface area (Å²) in [5.74, 6) is 0.248. The van der Waals surface area contributed by atoms with Crippen molar-refractivity contribution < 1.29 is 4.79 Å². The van der Waals surface area contributed by atoms with Crippen molar-refractivity contribution in [2.75, 3.05) is 26.2 Å². The summed E-state index contributed by atoms with van der Waals surface area (Å²) in [6.07, 6.45) is 4.46. The standard InChI is InChI=1S/C12H23N3O/c1-2-7-15(10-8-13-9-10)11-5-3-4-6-14-12(11)16/h10-11,13H,2-9H2,1H3,(H,14,16). The maximum absolute atomic E-state index is 12.0. The zero-order chi connectivity index (χ0) is 11.4. The van der Waals surface area contributed by atoms with Crippen LogP contribution in [0, 0.1) is 0 Å². The van der Waals surface area contributed by atoms with Gasteiger partial charge in [-0.05, 0) is 32.2 Å². The summed E-state index contributed by atoms with van der Waals surface area (Å²) in [4.78, 5) is 14.4. The Morgan fingerprint density at radius 2 is 2.19 bits per heavy atom. The lowest BCUT2D eigenvalue weighted by atomic mass is 10.0. The third-order valence-corrected chi connectivity index (χ3v) is 3.62. The van der Waals surface area contributed by atoms with Crippen LogP contribution < -0.4 is 10.6 Å². The molecule has 1 atom stereocenters. The molecule has 0 aromatic rings. The number of rotatable bonds is 4. The Bertz CT molecular complexity index is 240. The zero-order valence-corrected chi connectivity index (χ0v) is 10.2. The van der Waals surface area contributed by atoms with Crippen LogP contribution in [0.1, 0.15) is 32.6 Å². The van der Waals surface area contributed by atoms with Gasteiger partial charge in [-0.15, -0.1) is 0 Å². The summed E-state index contributed by atoms with van der Waals surface area (Å²) < 4.78 is 0. The molecule has 2 saturated heterocycles. The van der Waals surface area contributed by atoms with Gasteiger partial charge in [-0.3, -0.25) is 9.69 Å². The lowest BCUT2D eigenvalue weighted by molar-refractivity contribution is -0.127. The van der Waals surface area contributed by atoms with Crippen LogP contribution in [-0.2, 0) is 4.79 Å². The molecule has 0 aliphatic carbocycles. The molecule has 4 nitrogen and oxygen atoms in total. The van der Waals surface area contributed by atoms with Crippen molar-refractivity contribution in [3.05, 3.63) is 0 Å². The quantitative estimate of drug-likeness (QED) is 0.725. The lowest BCUT2D eigenvalue weighted by Crippen LogP contribution is -2.62. The first-order valence-electron chi connectivity index (χ1n) is 6.57. The zero-order valence-electron chi connectivity index (χ0n) is 10.2. The summed E-state index contributed by atoms with van der Waals surface area (Å²) in [5.41, 5.74) is 0. The van der Waals surface area contributed by atoms with E-state index in [-0.39, 0.29) is 11.9 Å². The van der Waals surface area contributed by atoms with Gasteiger partial charge >= 0.3 is 0 Å². The summed E-state index contributed by atoms with van der Waals surface area (Å²) in [6.45, 7) is 6.18. The van der Waals surface area contributed by atoms with Gasteiger partial charge in [0.2, 0.25) is 5.91 Å². The van der Waals surface area contributed by atoms with E-state index in [0.29, 0.717) is 6.04 Å². The summed E-state index contributed by atoms with van der Waals surface area (Å²) in [7, 11) is 0. The van der Waals surface area contributed by atoms with Crippen LogP contribution >= 0.6 is 0 Å². The average molecular weight is 225 g/mol. The van der Waals surface area contributed by atoms with Crippen molar-refractivity contribution in [1.29, 1.82) is 0 Å². The van der Waals surface area contributed by atoms with E-state index in [0.717, 1.165) is 45.4 Å². The largest absolute Gasteiger partial charge is 0.355 e. The van der Waals surface area contributed by atoms with Gasteiger partial charge in [0.25, 0.3) is 0 Å². The summed E-state index contributed by atoms with van der Waals surface area (Å²) in [6, 6.07) is 0.698. The second kappa shape index (κ2) is 5.64. The van der Waals surface area contributed by atoms with Gasteiger partial charge in [0.05, 0.1) is 6.04 Å². The van der Waals surface area contributed by atoms with Gasteiger partial charge in [0, 0.05) is 25.7 Å². The third kappa shape index (κ3) is 2.55. The Morgan fingerprint density at radius 3 is 2.81 bits per heavy atom. The number of carbonyl (C=O) groups is 1. The lowest BCUT2D eigenvalue weighted by Gasteiger charge is -2.42. The Labute approximate surface area is 97.8 Å². The van der Waals surface area contributed by atoms with Crippen LogP contribution in [0.25, 0.3) is 0 Å². The van der Waals surface area contributed by atoms with Crippen LogP contribution in [0.3, 0.4) is 0 Å². The predicted molar refractivity (Wildman–Crippen MR) is 64.3 cm³/mol. The van der Waals surface area contributed by atoms with E-state index in [1.54, 1.807) is 0 Å². The minimum absolute atomic E-state index is 0.120. The second-order valence-electron chi connectivity index (χ2n) is 4.85. The Kier molecular flexibility index (Phi) is 4.18. The molecule has 0 saturated carbocycles. The fraction of sp³-hybridized carbons (Fsp3) is 0.917. The first-order valence-corrected chi connectivity index (χ1v) is 6.57. The van der Waals surface area contributed by atoms with Gasteiger partial charge in [-0.25, -0.2) is 0 Å². The Hall–Kier alpha value is -0.610. The van der Waals surface area contributed by atoms with Crippen molar-refractivity contribution >= 4 is 5.91 Å². The molecule has 2 N–H and O–H groups in total. The molecule has 2 rings (SSSR count). The van der Waals surface area contributed by atoms with Gasteiger partial charge in [0.1, 0.15) is 0 Å². The first kappa shape index (κ1) is 11.9. The van der Waals surface area contributed by atoms with E-state index in [2.05, 4.69) is 22.5 Å². The minimum atomic E-state index is 0.120. The molecular weight excluding hydrogens is 202 g/mol. The van der Waals surface area contributed by atoms with Crippen molar-refractivity contribution in [1.82, 2.24) is 15.5 Å². The molecule has 0 aromatic heterocycles. The fourth-order valence-corrected chi connectivity index (χ4v) is 2.60. The molecular formula is C12H23N3O. The molecule has 0 spiro atoms. The SMILES string of the molecule is CCCN(C1CNC1)C1CCCCNC1=O. The molecule has 2 aliphatic heterocycles. The highest BCUT2D eigenvalue weighted by Crippen LogP contribution is 2.17. The molecule has 0 radical (unpaired) electrons. The normalized spacial score (nSPS) is 27.4. The molecule has 2 heterocycles. The van der Waals surface area contributed by atoms with Crippen LogP contribution in [0.4, 0.5) is 0 Å². The molecule has 2 aliphatic rings. The van der Waals surface area contributed by atoms with Gasteiger partial charge < -0.3 is 10.6 Å². The van der Waals surface area contributed by atoms with Gasteiger partial charge in [-0.1, -0.05) is 6.92 Å². The number of nitrogens with one attached hydrogen (secondary N) is 2. The molecule has 1 amide bonds. The number of nitrogens with zero attached hydrogens (tertiary/aromatic N) is 1. The maximum atomic E-state index is 12.0. The molecule has 0 bridgehead atoms. The predicted octanol–water partition coefficient (Wildman–Crippen LogP) is 0.339. The second-order valence-corrected chi connectivity index (χ2v) is 4.85. The van der Waals surface area contributed by atoms with Crippen LogP contribution in [0.15, 0.2) is 0 Å². The highest BCUT2D eigenvalue weighted by atomic mass is 16.2. The monoisotopic (exact) mass is 225 g/mol. The Morgan fingerprint density at radius 1 is 1.38 bits per heavy atom. The van der Waals surface area contributed by atoms with E-state index >= 15 is 0 Å². The molecule has 1 unspecified atom stereocenters. The van der Waals surface area contributed by atoms with Crippen LogP contribution in [0.5, 0.6) is 0 Å². The number of hydrogen-bond donors (Lipinski definition) is 2. The van der Waals surface area contributed by atoms with Crippen molar-refractivity contribution in [2.45, 2.75) is 44.7 Å². The smallest absolute Gasteiger partial charge is 0.237 e. The Balaban J connectivity index is 2.00. The number of carbonyl (C=O) groups excluding carboxylic acids is 1. The maximum Gasteiger partial charge on any atom is 0.237 e. The third-order valence-electron chi connectivity index (χ3n) is 3.62. The van der Waals surface area contributed by atoms with E-state index in [9.17, 15) is 4.79 Å². The van der Waals surface area contributed by atoms with E-state index in [1.807, 2.05) is 0 Å². The molecule has 92 valence electrons. The molecule has 4 heteroatoms. The van der Waals surface area contributed by atoms with Crippen LogP contribution in [0.2, 0.25) is 0 Å². The van der Waals surface area contributed by atoms with E-state index in [1.165, 1.54) is 6.42 Å². The minimum Gasteiger partial charge on any atom is -0.355 e. The molecule has 2 fully saturated rings. The fourth-order valence-electron chi connectivity index (χ4n) is 2.60. The van der Waals surface area contributed by atoms with Crippen molar-refractivity contribution in [3.8, 4) is 0 Å². The molecule has 0 aromatic carbocycles. The van der Waals surface area contributed by atoms with E-state index in [4.69, 9.17) is 0 Å². The molecule has 16 heavy (non-hydrogen) atoms. The van der Waals surface area contributed by atoms with Crippen molar-refractivity contribution in [2.24, 2.45) is 0 Å². The number of hydrogen-bond acceptors (Lipinski definition) is 3. The average Bonchev–Trinajstić information content (AvgIpc) is 2.39. The van der Waals surface area contributed by atoms with Gasteiger partial charge in [0.15, 0.2) is 0 Å². The van der Waals surface area contributed by atoms with E-state index < -0.39 is 0 Å². The van der Waals surface area contributed by atoms with Crippen molar-refractivity contribution in [3.63, 3.8) is 0 Å². The summed E-state index contributed by atoms with van der Waals surface area (Å²) >= 11 is 0. The van der Waals surface area contributed by atoms with Crippen LogP contribution in [-0.4, -0.2) is 49.1 Å². The highest BCUT2D eigenvalue weighted by Gasteiger charge is 2.34. The van der Waals surface area contributed by atoms with Gasteiger partial charge in [-0.2, -0.15) is 0 Å². The highest BCUT2D eigenvalue weighted by molar-refractivity contribution is 5.82. The topological polar surface area (TPSA) is 44.4 Å². The summed E-state index contributed by atoms with van der Waals surface area (Å²) in [5, 5.41) is 6.33. The number of amides is 1. The first-order chi connectivity index (χ1) is 7.83.